The Morgan fingerprint density at radius 1 is 0.618 bits per heavy atom. The molecule has 0 fully saturated rings. The fourth-order valence-electron chi connectivity index (χ4n) is 10.1. The molecule has 3 aromatic heterocycles. The molecule has 55 heavy (non-hydrogen) atoms. The Bertz CT molecular complexity index is 2670. The highest BCUT2D eigenvalue weighted by atomic mass is 16.5. The zero-order chi connectivity index (χ0) is 38.6. The van der Waals surface area contributed by atoms with Gasteiger partial charge in [0.05, 0.1) is 40.7 Å². The number of nitrogens with one attached hydrogen (secondary N) is 2. The van der Waals surface area contributed by atoms with E-state index in [4.69, 9.17) is 14.7 Å². The molecule has 5 heteroatoms. The Morgan fingerprint density at radius 3 is 1.85 bits per heavy atom. The third kappa shape index (κ3) is 5.48. The predicted octanol–water partition coefficient (Wildman–Crippen LogP) is 13.4. The van der Waals surface area contributed by atoms with E-state index in [9.17, 15) is 0 Å². The highest BCUT2D eigenvalue weighted by Gasteiger charge is 2.39. The average Bonchev–Trinajstić information content (AvgIpc) is 3.95. The average molecular weight is 729 g/mol. The summed E-state index contributed by atoms with van der Waals surface area (Å²) in [6, 6.07) is 24.7. The van der Waals surface area contributed by atoms with Crippen LogP contribution in [0.25, 0.3) is 66.0 Å². The van der Waals surface area contributed by atoms with Crippen molar-refractivity contribution in [3.8, 4) is 16.9 Å². The van der Waals surface area contributed by atoms with E-state index in [1.54, 1.807) is 7.11 Å². The topological polar surface area (TPSA) is 66.6 Å². The molecule has 5 heterocycles. The van der Waals surface area contributed by atoms with Gasteiger partial charge in [0.15, 0.2) is 0 Å². The van der Waals surface area contributed by atoms with Gasteiger partial charge in [0, 0.05) is 27.4 Å². The summed E-state index contributed by atoms with van der Waals surface area (Å²) in [7, 11) is 1.73. The van der Waals surface area contributed by atoms with E-state index < -0.39 is 0 Å². The molecule has 0 amide bonds. The molecule has 0 saturated heterocycles. The van der Waals surface area contributed by atoms with Crippen LogP contribution in [0.2, 0.25) is 0 Å². The summed E-state index contributed by atoms with van der Waals surface area (Å²) >= 11 is 0. The van der Waals surface area contributed by atoms with Crippen LogP contribution >= 0.6 is 0 Å². The number of hydrogen-bond donors (Lipinski definition) is 2. The first-order valence-electron chi connectivity index (χ1n) is 20.9. The standard InChI is InChI=1S/C50H56N4O/c1-10-32-35(13-4)46-44(29-22-24-31(55-9)25-23-29)47-36(14-5)34(12-3)42(53-47)28-43-50(16-7,17-8)39-26-30-20-18-19-21-38(30)45(49(39)54-43)48-37(15-6)33(11-2)41(52-48)27-40(32)51-46/h18-28,52-53H,10-17H2,1-9H3. The lowest BCUT2D eigenvalue weighted by Crippen LogP contribution is -2.23. The van der Waals surface area contributed by atoms with E-state index >= 15 is 0 Å². The third-order valence-corrected chi connectivity index (χ3v) is 13.0. The summed E-state index contributed by atoms with van der Waals surface area (Å²) < 4.78 is 5.64. The predicted molar refractivity (Wildman–Crippen MR) is 234 cm³/mol. The van der Waals surface area contributed by atoms with Gasteiger partial charge in [-0.15, -0.1) is 0 Å². The van der Waals surface area contributed by atoms with Crippen LogP contribution in [0.5, 0.6) is 5.75 Å². The van der Waals surface area contributed by atoms with Crippen LogP contribution in [0.3, 0.4) is 0 Å². The maximum atomic E-state index is 5.78. The summed E-state index contributed by atoms with van der Waals surface area (Å²) in [5, 5.41) is 3.75. The smallest absolute Gasteiger partial charge is 0.118 e. The lowest BCUT2D eigenvalue weighted by Gasteiger charge is -2.28. The molecule has 0 spiro atoms. The lowest BCUT2D eigenvalue weighted by molar-refractivity contribution is 0.415. The van der Waals surface area contributed by atoms with Gasteiger partial charge in [0.2, 0.25) is 0 Å². The molecule has 0 aliphatic carbocycles. The van der Waals surface area contributed by atoms with Crippen molar-refractivity contribution in [3.63, 3.8) is 0 Å². The second kappa shape index (κ2) is 14.5. The van der Waals surface area contributed by atoms with Crippen LogP contribution in [0.15, 0.2) is 66.7 Å². The molecule has 0 radical (unpaired) electrons. The molecule has 0 atom stereocenters. The molecule has 2 N–H and O–H groups in total. The van der Waals surface area contributed by atoms with Gasteiger partial charge in [-0.05, 0) is 137 Å². The molecule has 8 bridgehead atoms. The van der Waals surface area contributed by atoms with E-state index in [2.05, 4.69) is 132 Å². The highest BCUT2D eigenvalue weighted by molar-refractivity contribution is 6.16. The van der Waals surface area contributed by atoms with Crippen molar-refractivity contribution < 1.29 is 4.74 Å². The van der Waals surface area contributed by atoms with Gasteiger partial charge in [-0.1, -0.05) is 91.8 Å². The van der Waals surface area contributed by atoms with Crippen LogP contribution in [-0.4, -0.2) is 27.0 Å². The molecule has 0 unspecified atom stereocenters. The second-order valence-corrected chi connectivity index (χ2v) is 15.2. The number of hydrogen-bond acceptors (Lipinski definition) is 3. The lowest BCUT2D eigenvalue weighted by atomic mass is 9.73. The number of aromatic nitrogens is 4. The van der Waals surface area contributed by atoms with E-state index in [1.807, 2.05) is 0 Å². The molecule has 2 aliphatic rings. The van der Waals surface area contributed by atoms with Gasteiger partial charge >= 0.3 is 0 Å². The fourth-order valence-corrected chi connectivity index (χ4v) is 10.1. The summed E-state index contributed by atoms with van der Waals surface area (Å²) in [6.45, 7) is 18.4. The van der Waals surface area contributed by atoms with Crippen molar-refractivity contribution in [3.05, 3.63) is 112 Å². The molecule has 2 aliphatic heterocycles. The molecule has 282 valence electrons. The summed E-state index contributed by atoms with van der Waals surface area (Å²) in [4.78, 5) is 19.6. The molecule has 8 rings (SSSR count). The first kappa shape index (κ1) is 36.8. The summed E-state index contributed by atoms with van der Waals surface area (Å²) in [5.74, 6) is 0.847. The molecular weight excluding hydrogens is 673 g/mol. The Labute approximate surface area is 326 Å². The first-order valence-corrected chi connectivity index (χ1v) is 20.9. The monoisotopic (exact) mass is 728 g/mol. The van der Waals surface area contributed by atoms with Crippen LogP contribution in [0, 0.1) is 0 Å². The SMILES string of the molecule is CCC1=C(CC)c2nc1cc1[nH]c(c(CC)c1CC)c1c3nc(cc4[nH]c(c(CC)c4CC)c2-c2ccc(OC)cc2)C(CC)(CC)c3cc2ccccc21. The zero-order valence-corrected chi connectivity index (χ0v) is 34.3. The maximum Gasteiger partial charge on any atom is 0.118 e. The van der Waals surface area contributed by atoms with Crippen molar-refractivity contribution in [2.75, 3.05) is 7.11 Å². The molecule has 3 aromatic carbocycles. The van der Waals surface area contributed by atoms with E-state index in [1.165, 1.54) is 60.6 Å². The quantitative estimate of drug-likeness (QED) is 0.148. The minimum atomic E-state index is -0.220. The number of fused-ring (bicyclic) bond motifs is 10. The van der Waals surface area contributed by atoms with Gasteiger partial charge in [-0.3, -0.25) is 4.98 Å². The molecular formula is C50H56N4O. The van der Waals surface area contributed by atoms with Crippen LogP contribution in [0.1, 0.15) is 126 Å². The van der Waals surface area contributed by atoms with Crippen molar-refractivity contribution in [1.82, 2.24) is 19.9 Å². The van der Waals surface area contributed by atoms with E-state index in [0.717, 1.165) is 107 Å². The second-order valence-electron chi connectivity index (χ2n) is 15.2. The van der Waals surface area contributed by atoms with Gasteiger partial charge in [0.25, 0.3) is 0 Å². The highest BCUT2D eigenvalue weighted by Crippen LogP contribution is 2.49. The molecule has 0 saturated carbocycles. The summed E-state index contributed by atoms with van der Waals surface area (Å²) in [5.41, 5.74) is 20.6. The van der Waals surface area contributed by atoms with E-state index in [0.29, 0.717) is 0 Å². The number of methoxy groups -OCH3 is 1. The van der Waals surface area contributed by atoms with Crippen molar-refractivity contribution in [2.45, 2.75) is 112 Å². The number of benzene rings is 3. The number of allylic oxidation sites excluding steroid dienone is 2. The Hall–Kier alpha value is -5.16. The maximum absolute atomic E-state index is 5.78. The minimum Gasteiger partial charge on any atom is -0.497 e. The van der Waals surface area contributed by atoms with Gasteiger partial charge in [-0.25, -0.2) is 4.98 Å². The Balaban J connectivity index is 1.70. The number of rotatable bonds is 10. The Kier molecular flexibility index (Phi) is 9.69. The fraction of sp³-hybridized carbons (Fsp3) is 0.360. The van der Waals surface area contributed by atoms with Crippen molar-refractivity contribution >= 4 is 54.9 Å². The van der Waals surface area contributed by atoms with Gasteiger partial charge in [0.1, 0.15) is 5.75 Å². The van der Waals surface area contributed by atoms with Crippen molar-refractivity contribution in [2.24, 2.45) is 0 Å². The number of H-pyrrole nitrogens is 2. The molecule has 6 aromatic rings. The Morgan fingerprint density at radius 2 is 1.24 bits per heavy atom. The van der Waals surface area contributed by atoms with Crippen molar-refractivity contribution in [1.29, 1.82) is 0 Å². The minimum absolute atomic E-state index is 0.220. The first-order chi connectivity index (χ1) is 26.8. The van der Waals surface area contributed by atoms with Gasteiger partial charge < -0.3 is 14.7 Å². The summed E-state index contributed by atoms with van der Waals surface area (Å²) in [6.07, 6.45) is 7.41. The molecule has 5 nitrogen and oxygen atoms in total. The van der Waals surface area contributed by atoms with Gasteiger partial charge in [-0.2, -0.15) is 0 Å². The number of aryl methyl sites for hydroxylation is 4. The number of aromatic amines is 2. The van der Waals surface area contributed by atoms with Crippen LogP contribution in [-0.2, 0) is 31.1 Å². The third-order valence-electron chi connectivity index (χ3n) is 13.0. The number of ether oxygens (including phenoxy) is 1. The largest absolute Gasteiger partial charge is 0.497 e. The number of nitrogens with zero attached hydrogens (tertiary/aromatic N) is 2. The van der Waals surface area contributed by atoms with Crippen LogP contribution in [0.4, 0.5) is 0 Å². The zero-order valence-electron chi connectivity index (χ0n) is 34.3. The van der Waals surface area contributed by atoms with E-state index in [-0.39, 0.29) is 5.41 Å². The normalized spacial score (nSPS) is 13.8. The van der Waals surface area contributed by atoms with Crippen LogP contribution < -0.4 is 4.74 Å².